The minimum Gasteiger partial charge on any atom is -0.450 e. The molecule has 0 atom stereocenters. The Morgan fingerprint density at radius 2 is 1.22 bits per heavy atom. The summed E-state index contributed by atoms with van der Waals surface area (Å²) in [5, 5.41) is 15.4. The third-order valence-electron chi connectivity index (χ3n) is 2.77. The Labute approximate surface area is 145 Å². The van der Waals surface area contributed by atoms with Crippen molar-refractivity contribution in [2.45, 2.75) is 6.92 Å². The van der Waals surface area contributed by atoms with Crippen molar-refractivity contribution in [3.05, 3.63) is 87.9 Å². The molecule has 0 bridgehead atoms. The molecule has 0 aliphatic carbocycles. The van der Waals surface area contributed by atoms with Gasteiger partial charge in [0.05, 0.1) is 0 Å². The summed E-state index contributed by atoms with van der Waals surface area (Å²) < 4.78 is 0. The highest BCUT2D eigenvalue weighted by Gasteiger charge is 2.04. The zero-order valence-corrected chi connectivity index (χ0v) is 13.9. The molecule has 0 spiro atoms. The van der Waals surface area contributed by atoms with E-state index in [1.807, 2.05) is 67.6 Å². The highest BCUT2D eigenvalue weighted by atomic mass is 35.5. The van der Waals surface area contributed by atoms with Crippen LogP contribution in [0.4, 0.5) is 4.79 Å². The van der Waals surface area contributed by atoms with Gasteiger partial charge in [-0.1, -0.05) is 65.7 Å². The molecule has 2 rings (SSSR count). The zero-order chi connectivity index (χ0) is 17.2. The first-order valence-corrected chi connectivity index (χ1v) is 7.46. The van der Waals surface area contributed by atoms with Crippen LogP contribution in [0.3, 0.4) is 0 Å². The van der Waals surface area contributed by atoms with Crippen LogP contribution in [0.5, 0.6) is 0 Å². The number of allylic oxidation sites excluding steroid dienone is 3. The normalized spacial score (nSPS) is 9.87. The third-order valence-corrected chi connectivity index (χ3v) is 3.27. The SMILES string of the molecule is C/C=C\C=C(c1ccc(Cl)cc1)c1ccc(Cl)cc1.O=C(O)O. The smallest absolute Gasteiger partial charge is 0.450 e. The number of halogens is 2. The van der Waals surface area contributed by atoms with E-state index in [4.69, 9.17) is 38.2 Å². The van der Waals surface area contributed by atoms with Crippen molar-refractivity contribution >= 4 is 34.9 Å². The van der Waals surface area contributed by atoms with Gasteiger partial charge in [0.2, 0.25) is 0 Å². The molecule has 0 aliphatic heterocycles. The summed E-state index contributed by atoms with van der Waals surface area (Å²) in [5.74, 6) is 0. The highest BCUT2D eigenvalue weighted by Crippen LogP contribution is 2.26. The first-order valence-electron chi connectivity index (χ1n) is 6.70. The molecule has 2 aromatic carbocycles. The minimum atomic E-state index is -1.83. The summed E-state index contributed by atoms with van der Waals surface area (Å²) in [6, 6.07) is 15.7. The Kier molecular flexibility index (Phi) is 7.95. The van der Waals surface area contributed by atoms with Crippen LogP contribution in [0.15, 0.2) is 66.8 Å². The number of carboxylic acid groups (broad SMARTS) is 2. The van der Waals surface area contributed by atoms with Gasteiger partial charge < -0.3 is 10.2 Å². The molecule has 0 heterocycles. The average Bonchev–Trinajstić information content (AvgIpc) is 2.50. The van der Waals surface area contributed by atoms with Crippen LogP contribution in [0.2, 0.25) is 10.0 Å². The Morgan fingerprint density at radius 1 is 0.870 bits per heavy atom. The minimum absolute atomic E-state index is 0.741. The monoisotopic (exact) mass is 350 g/mol. The molecule has 0 aromatic heterocycles. The van der Waals surface area contributed by atoms with Gasteiger partial charge in [-0.2, -0.15) is 0 Å². The van der Waals surface area contributed by atoms with Gasteiger partial charge in [-0.15, -0.1) is 0 Å². The van der Waals surface area contributed by atoms with E-state index in [-0.39, 0.29) is 0 Å². The second-order valence-electron chi connectivity index (χ2n) is 4.40. The number of carbonyl (C=O) groups is 1. The van der Waals surface area contributed by atoms with E-state index >= 15 is 0 Å². The van der Waals surface area contributed by atoms with Crippen molar-refractivity contribution in [1.82, 2.24) is 0 Å². The Hall–Kier alpha value is -2.23. The standard InChI is InChI=1S/C17H14Cl2.CH2O3/c1-2-3-4-17(13-5-9-15(18)10-6-13)14-7-11-16(19)12-8-14;2-1(3)4/h2-12H,1H3;(H2,2,3,4)/b3-2-;. The lowest BCUT2D eigenvalue weighted by molar-refractivity contribution is 0.137. The van der Waals surface area contributed by atoms with Gasteiger partial charge in [-0.25, -0.2) is 4.79 Å². The van der Waals surface area contributed by atoms with Crippen molar-refractivity contribution in [3.8, 4) is 0 Å². The van der Waals surface area contributed by atoms with Crippen molar-refractivity contribution in [2.75, 3.05) is 0 Å². The maximum absolute atomic E-state index is 8.56. The van der Waals surface area contributed by atoms with E-state index in [2.05, 4.69) is 6.08 Å². The molecule has 0 saturated carbocycles. The number of hydrogen-bond acceptors (Lipinski definition) is 1. The van der Waals surface area contributed by atoms with E-state index in [1.54, 1.807) is 0 Å². The molecule has 0 unspecified atom stereocenters. The van der Waals surface area contributed by atoms with Crippen molar-refractivity contribution in [3.63, 3.8) is 0 Å². The predicted octanol–water partition coefficient (Wildman–Crippen LogP) is 6.22. The fourth-order valence-corrected chi connectivity index (χ4v) is 2.06. The lowest BCUT2D eigenvalue weighted by atomic mass is 9.97. The first-order chi connectivity index (χ1) is 10.9. The summed E-state index contributed by atoms with van der Waals surface area (Å²) in [7, 11) is 0. The fraction of sp³-hybridized carbons (Fsp3) is 0.0556. The molecule has 120 valence electrons. The summed E-state index contributed by atoms with van der Waals surface area (Å²) in [6.45, 7) is 2.00. The zero-order valence-electron chi connectivity index (χ0n) is 12.4. The molecular weight excluding hydrogens is 335 g/mol. The fourth-order valence-electron chi connectivity index (χ4n) is 1.81. The van der Waals surface area contributed by atoms with E-state index in [0.29, 0.717) is 0 Å². The molecule has 0 aliphatic rings. The van der Waals surface area contributed by atoms with E-state index < -0.39 is 6.16 Å². The number of hydrogen-bond donors (Lipinski definition) is 2. The molecule has 5 heteroatoms. The molecule has 0 saturated heterocycles. The quantitative estimate of drug-likeness (QED) is 0.645. The van der Waals surface area contributed by atoms with Crippen molar-refractivity contribution < 1.29 is 15.0 Å². The van der Waals surface area contributed by atoms with Crippen LogP contribution in [-0.4, -0.2) is 16.4 Å². The number of benzene rings is 2. The van der Waals surface area contributed by atoms with Gasteiger partial charge in [-0.3, -0.25) is 0 Å². The second-order valence-corrected chi connectivity index (χ2v) is 5.28. The maximum Gasteiger partial charge on any atom is 0.503 e. The molecule has 0 amide bonds. The summed E-state index contributed by atoms with van der Waals surface area (Å²) in [6.07, 6.45) is 4.29. The van der Waals surface area contributed by atoms with E-state index in [1.165, 1.54) is 0 Å². The van der Waals surface area contributed by atoms with Crippen molar-refractivity contribution in [2.24, 2.45) is 0 Å². The van der Waals surface area contributed by atoms with Gasteiger partial charge in [-0.05, 0) is 47.9 Å². The topological polar surface area (TPSA) is 57.5 Å². The molecule has 0 radical (unpaired) electrons. The molecule has 2 N–H and O–H groups in total. The van der Waals surface area contributed by atoms with Crippen LogP contribution in [0.25, 0.3) is 5.57 Å². The number of rotatable bonds is 3. The Bertz CT molecular complexity index is 636. The molecule has 23 heavy (non-hydrogen) atoms. The van der Waals surface area contributed by atoms with Crippen LogP contribution in [-0.2, 0) is 0 Å². The van der Waals surface area contributed by atoms with Crippen LogP contribution < -0.4 is 0 Å². The van der Waals surface area contributed by atoms with E-state index in [0.717, 1.165) is 26.7 Å². The van der Waals surface area contributed by atoms with E-state index in [9.17, 15) is 0 Å². The Balaban J connectivity index is 0.000000593. The maximum atomic E-state index is 8.56. The highest BCUT2D eigenvalue weighted by molar-refractivity contribution is 6.31. The van der Waals surface area contributed by atoms with Crippen LogP contribution in [0.1, 0.15) is 18.1 Å². The van der Waals surface area contributed by atoms with Gasteiger partial charge in [0.1, 0.15) is 0 Å². The van der Waals surface area contributed by atoms with Gasteiger partial charge >= 0.3 is 6.16 Å². The summed E-state index contributed by atoms with van der Waals surface area (Å²) >= 11 is 11.9. The molecular formula is C18H16Cl2O3. The average molecular weight is 351 g/mol. The van der Waals surface area contributed by atoms with Gasteiger partial charge in [0.25, 0.3) is 0 Å². The molecule has 0 fully saturated rings. The van der Waals surface area contributed by atoms with Gasteiger partial charge in [0.15, 0.2) is 0 Å². The van der Waals surface area contributed by atoms with Crippen LogP contribution in [0, 0.1) is 0 Å². The largest absolute Gasteiger partial charge is 0.503 e. The second kappa shape index (κ2) is 9.72. The summed E-state index contributed by atoms with van der Waals surface area (Å²) in [5.41, 5.74) is 3.40. The lowest BCUT2D eigenvalue weighted by Crippen LogP contribution is -1.87. The molecule has 3 nitrogen and oxygen atoms in total. The Morgan fingerprint density at radius 3 is 1.52 bits per heavy atom. The van der Waals surface area contributed by atoms with Crippen molar-refractivity contribution in [1.29, 1.82) is 0 Å². The predicted molar refractivity (Wildman–Crippen MR) is 95.5 cm³/mol. The van der Waals surface area contributed by atoms with Gasteiger partial charge in [0, 0.05) is 10.0 Å². The van der Waals surface area contributed by atoms with Crippen LogP contribution >= 0.6 is 23.2 Å². The lowest BCUT2D eigenvalue weighted by Gasteiger charge is -2.08. The summed E-state index contributed by atoms with van der Waals surface area (Å²) in [4.78, 5) is 8.56. The first kappa shape index (κ1) is 18.8. The molecule has 2 aromatic rings. The third kappa shape index (κ3) is 7.04.